The minimum atomic E-state index is 0.760. The van der Waals surface area contributed by atoms with Crippen molar-refractivity contribution in [1.29, 1.82) is 0 Å². The number of imidazole rings is 1. The van der Waals surface area contributed by atoms with Crippen molar-refractivity contribution in [2.75, 3.05) is 6.61 Å². The first-order chi connectivity index (χ1) is 11.2. The quantitative estimate of drug-likeness (QED) is 0.610. The lowest BCUT2D eigenvalue weighted by molar-refractivity contribution is 0.301. The van der Waals surface area contributed by atoms with Gasteiger partial charge in [0.25, 0.3) is 0 Å². The van der Waals surface area contributed by atoms with Gasteiger partial charge >= 0.3 is 0 Å². The maximum absolute atomic E-state index is 5.93. The lowest BCUT2D eigenvalue weighted by atomic mass is 10.1. The van der Waals surface area contributed by atoms with Crippen molar-refractivity contribution in [3.05, 3.63) is 59.4 Å². The van der Waals surface area contributed by atoms with Gasteiger partial charge in [-0.1, -0.05) is 24.3 Å². The number of unbranched alkanes of at least 4 members (excludes halogenated alkanes) is 1. The van der Waals surface area contributed by atoms with Crippen molar-refractivity contribution in [3.63, 3.8) is 0 Å². The Morgan fingerprint density at radius 1 is 0.957 bits per heavy atom. The Balaban J connectivity index is 1.53. The maximum Gasteiger partial charge on any atom is 0.122 e. The van der Waals surface area contributed by atoms with Gasteiger partial charge < -0.3 is 9.30 Å². The van der Waals surface area contributed by atoms with E-state index in [9.17, 15) is 0 Å². The summed E-state index contributed by atoms with van der Waals surface area (Å²) in [6.45, 7) is 8.06. The van der Waals surface area contributed by atoms with Gasteiger partial charge in [0, 0.05) is 6.54 Å². The van der Waals surface area contributed by atoms with Crippen LogP contribution in [0.4, 0.5) is 0 Å². The lowest BCUT2D eigenvalue weighted by Gasteiger charge is -2.11. The SMILES string of the molecule is Cc1cccc(OCCCCn2c(C)nc3ccccc32)c1C. The molecule has 3 heteroatoms. The third-order valence-electron chi connectivity index (χ3n) is 4.43. The summed E-state index contributed by atoms with van der Waals surface area (Å²) in [5.41, 5.74) is 4.82. The maximum atomic E-state index is 5.93. The highest BCUT2D eigenvalue weighted by Crippen LogP contribution is 2.21. The Bertz CT molecular complexity index is 805. The van der Waals surface area contributed by atoms with Crippen molar-refractivity contribution >= 4 is 11.0 Å². The van der Waals surface area contributed by atoms with Gasteiger partial charge in [0.05, 0.1) is 17.6 Å². The Morgan fingerprint density at radius 2 is 1.78 bits per heavy atom. The molecule has 1 heterocycles. The van der Waals surface area contributed by atoms with E-state index in [4.69, 9.17) is 4.74 Å². The highest BCUT2D eigenvalue weighted by Gasteiger charge is 2.06. The molecule has 2 aromatic carbocycles. The van der Waals surface area contributed by atoms with Crippen LogP contribution in [0.5, 0.6) is 5.75 Å². The number of hydrogen-bond donors (Lipinski definition) is 0. The van der Waals surface area contributed by atoms with E-state index in [1.54, 1.807) is 0 Å². The predicted octanol–water partition coefficient (Wildman–Crippen LogP) is 4.82. The summed E-state index contributed by atoms with van der Waals surface area (Å²) in [7, 11) is 0. The average Bonchev–Trinajstić information content (AvgIpc) is 2.87. The van der Waals surface area contributed by atoms with Crippen LogP contribution in [0.1, 0.15) is 29.8 Å². The number of ether oxygens (including phenoxy) is 1. The normalized spacial score (nSPS) is 11.1. The molecule has 0 amide bonds. The van der Waals surface area contributed by atoms with Gasteiger partial charge in [-0.05, 0) is 62.9 Å². The molecule has 3 rings (SSSR count). The zero-order valence-electron chi connectivity index (χ0n) is 14.2. The molecule has 0 aliphatic carbocycles. The largest absolute Gasteiger partial charge is 0.493 e. The van der Waals surface area contributed by atoms with Crippen LogP contribution in [0.25, 0.3) is 11.0 Å². The molecule has 0 saturated heterocycles. The third kappa shape index (κ3) is 3.39. The Morgan fingerprint density at radius 3 is 2.65 bits per heavy atom. The van der Waals surface area contributed by atoms with Crippen LogP contribution >= 0.6 is 0 Å². The zero-order chi connectivity index (χ0) is 16.2. The van der Waals surface area contributed by atoms with Crippen LogP contribution in [-0.4, -0.2) is 16.2 Å². The molecule has 0 radical (unpaired) electrons. The standard InChI is InChI=1S/C20H24N2O/c1-15-9-8-12-20(16(15)2)23-14-7-6-13-22-17(3)21-18-10-4-5-11-19(18)22/h4-5,8-12H,6-7,13-14H2,1-3H3. The van der Waals surface area contributed by atoms with E-state index in [1.165, 1.54) is 16.6 Å². The smallest absolute Gasteiger partial charge is 0.122 e. The van der Waals surface area contributed by atoms with E-state index in [0.717, 1.165) is 43.1 Å². The average molecular weight is 308 g/mol. The van der Waals surface area contributed by atoms with Crippen molar-refractivity contribution in [3.8, 4) is 5.75 Å². The van der Waals surface area contributed by atoms with Crippen LogP contribution in [0.15, 0.2) is 42.5 Å². The van der Waals surface area contributed by atoms with Gasteiger partial charge in [-0.25, -0.2) is 4.98 Å². The minimum Gasteiger partial charge on any atom is -0.493 e. The molecule has 120 valence electrons. The fourth-order valence-electron chi connectivity index (χ4n) is 2.91. The highest BCUT2D eigenvalue weighted by atomic mass is 16.5. The van der Waals surface area contributed by atoms with Crippen molar-refractivity contribution in [2.45, 2.75) is 40.2 Å². The number of benzene rings is 2. The van der Waals surface area contributed by atoms with Crippen molar-refractivity contribution in [2.24, 2.45) is 0 Å². The molecule has 3 aromatic rings. The summed E-state index contributed by atoms with van der Waals surface area (Å²) in [6.07, 6.45) is 2.13. The Kier molecular flexibility index (Phi) is 4.65. The number of aromatic nitrogens is 2. The summed E-state index contributed by atoms with van der Waals surface area (Å²) in [4.78, 5) is 4.61. The van der Waals surface area contributed by atoms with E-state index in [2.05, 4.69) is 66.7 Å². The zero-order valence-corrected chi connectivity index (χ0v) is 14.2. The van der Waals surface area contributed by atoms with Crippen LogP contribution in [0.3, 0.4) is 0 Å². The van der Waals surface area contributed by atoms with Crippen LogP contribution < -0.4 is 4.74 Å². The first-order valence-corrected chi connectivity index (χ1v) is 8.27. The van der Waals surface area contributed by atoms with Gasteiger partial charge in [0.15, 0.2) is 0 Å². The first kappa shape index (κ1) is 15.6. The minimum absolute atomic E-state index is 0.760. The van der Waals surface area contributed by atoms with Gasteiger partial charge in [-0.3, -0.25) is 0 Å². The summed E-state index contributed by atoms with van der Waals surface area (Å²) in [5, 5.41) is 0. The van der Waals surface area contributed by atoms with Crippen molar-refractivity contribution < 1.29 is 4.74 Å². The summed E-state index contributed by atoms with van der Waals surface area (Å²) in [5.74, 6) is 2.09. The van der Waals surface area contributed by atoms with E-state index in [1.807, 2.05) is 6.07 Å². The molecule has 0 saturated carbocycles. The molecule has 0 atom stereocenters. The molecule has 0 aliphatic rings. The number of aryl methyl sites for hydroxylation is 3. The van der Waals surface area contributed by atoms with Gasteiger partial charge in [0.1, 0.15) is 11.6 Å². The summed E-state index contributed by atoms with van der Waals surface area (Å²) < 4.78 is 8.23. The predicted molar refractivity (Wildman–Crippen MR) is 95.1 cm³/mol. The second kappa shape index (κ2) is 6.86. The molecule has 0 fully saturated rings. The second-order valence-electron chi connectivity index (χ2n) is 6.05. The van der Waals surface area contributed by atoms with E-state index >= 15 is 0 Å². The molecule has 3 nitrogen and oxygen atoms in total. The molecule has 0 bridgehead atoms. The molecule has 0 unspecified atom stereocenters. The fourth-order valence-corrected chi connectivity index (χ4v) is 2.91. The van der Waals surface area contributed by atoms with Gasteiger partial charge in [-0.15, -0.1) is 0 Å². The van der Waals surface area contributed by atoms with Crippen LogP contribution in [-0.2, 0) is 6.54 Å². The fraction of sp³-hybridized carbons (Fsp3) is 0.350. The Hall–Kier alpha value is -2.29. The third-order valence-corrected chi connectivity index (χ3v) is 4.43. The summed E-state index contributed by atoms with van der Waals surface area (Å²) >= 11 is 0. The molecular formula is C20H24N2O. The highest BCUT2D eigenvalue weighted by molar-refractivity contribution is 5.75. The van der Waals surface area contributed by atoms with E-state index in [-0.39, 0.29) is 0 Å². The molecular weight excluding hydrogens is 284 g/mol. The van der Waals surface area contributed by atoms with Crippen LogP contribution in [0.2, 0.25) is 0 Å². The molecule has 0 N–H and O–H groups in total. The molecule has 0 spiro atoms. The molecule has 0 aliphatic heterocycles. The lowest BCUT2D eigenvalue weighted by Crippen LogP contribution is -2.04. The topological polar surface area (TPSA) is 27.1 Å². The monoisotopic (exact) mass is 308 g/mol. The first-order valence-electron chi connectivity index (χ1n) is 8.27. The van der Waals surface area contributed by atoms with Crippen molar-refractivity contribution in [1.82, 2.24) is 9.55 Å². The number of fused-ring (bicyclic) bond motifs is 1. The number of nitrogens with zero attached hydrogens (tertiary/aromatic N) is 2. The van der Waals surface area contributed by atoms with Gasteiger partial charge in [0.2, 0.25) is 0 Å². The summed E-state index contributed by atoms with van der Waals surface area (Å²) in [6, 6.07) is 14.6. The van der Waals surface area contributed by atoms with Gasteiger partial charge in [-0.2, -0.15) is 0 Å². The molecule has 1 aromatic heterocycles. The molecule has 23 heavy (non-hydrogen) atoms. The second-order valence-corrected chi connectivity index (χ2v) is 6.05. The number of rotatable bonds is 6. The Labute approximate surface area is 137 Å². The van der Waals surface area contributed by atoms with E-state index in [0.29, 0.717) is 0 Å². The number of hydrogen-bond acceptors (Lipinski definition) is 2. The van der Waals surface area contributed by atoms with Crippen LogP contribution in [0, 0.1) is 20.8 Å². The number of para-hydroxylation sites is 2. The van der Waals surface area contributed by atoms with E-state index < -0.39 is 0 Å².